The fourth-order valence-electron chi connectivity index (χ4n) is 14.1. The second-order valence-electron chi connectivity index (χ2n) is 34.7. The molecule has 0 radical (unpaired) electrons. The number of carbonyl (C=O) groups is 18. The van der Waals surface area contributed by atoms with E-state index in [-0.39, 0.29) is 127 Å². The molecule has 0 aliphatic carbocycles. The number of nitrogens with zero attached hydrogens (tertiary/aromatic N) is 1. The van der Waals surface area contributed by atoms with Crippen LogP contribution in [0.5, 0.6) is 5.75 Å². The number of unbranched alkanes of at least 4 members (excludes halogenated alkanes) is 6. The lowest BCUT2D eigenvalue weighted by atomic mass is 9.96. The Morgan fingerprint density at radius 1 is 0.351 bits per heavy atom. The summed E-state index contributed by atoms with van der Waals surface area (Å²) in [7, 11) is 0. The summed E-state index contributed by atoms with van der Waals surface area (Å²) < 4.78 is 0. The van der Waals surface area contributed by atoms with Crippen LogP contribution >= 0.6 is 0 Å². The van der Waals surface area contributed by atoms with Crippen molar-refractivity contribution in [2.24, 2.45) is 63.8 Å². The maximum atomic E-state index is 14.8. The van der Waals surface area contributed by atoms with Crippen molar-refractivity contribution in [3.63, 3.8) is 0 Å². The zero-order chi connectivity index (χ0) is 101. The third-order valence-corrected chi connectivity index (χ3v) is 22.3. The predicted molar refractivity (Wildman–Crippen MR) is 495 cm³/mol. The van der Waals surface area contributed by atoms with E-state index in [1.807, 2.05) is 0 Å². The highest BCUT2D eigenvalue weighted by Gasteiger charge is 2.40. The molecule has 2 aromatic rings. The third-order valence-electron chi connectivity index (χ3n) is 22.3. The molecule has 17 atom stereocenters. The number of rotatable bonds is 71. The van der Waals surface area contributed by atoms with Crippen LogP contribution in [0.1, 0.15) is 228 Å². The predicted octanol–water partition coefficient (Wildman–Crippen LogP) is -3.86. The number of carboxylic acid groups (broad SMARTS) is 3. The summed E-state index contributed by atoms with van der Waals surface area (Å²) in [6, 6.07) is -16.6. The number of nitrogens with one attached hydrogen (secondary N) is 16. The highest BCUT2D eigenvalue weighted by Crippen LogP contribution is 2.19. The molecular weight excluding hydrogens is 1750 g/mol. The molecule has 0 unspecified atom stereocenters. The number of aromatic amines is 1. The number of aromatic nitrogens is 2. The van der Waals surface area contributed by atoms with E-state index >= 15 is 0 Å². The number of aliphatic carboxylic acids is 3. The average Bonchev–Trinajstić information content (AvgIpc) is 0.900. The number of nitrogens with two attached hydrogens (primary N) is 7. The van der Waals surface area contributed by atoms with Gasteiger partial charge in [0.15, 0.2) is 0 Å². The Kier molecular flexibility index (Phi) is 57.6. The Morgan fingerprint density at radius 2 is 0.672 bits per heavy atom. The number of H-pyrrole nitrogens is 1. The van der Waals surface area contributed by atoms with Crippen LogP contribution in [-0.4, -0.2) is 273 Å². The van der Waals surface area contributed by atoms with Crippen molar-refractivity contribution in [1.29, 1.82) is 0 Å². The first kappa shape index (κ1) is 118. The first-order valence-electron chi connectivity index (χ1n) is 46.4. The van der Waals surface area contributed by atoms with Gasteiger partial charge in [-0.25, -0.2) is 9.78 Å². The van der Waals surface area contributed by atoms with Crippen LogP contribution in [0.3, 0.4) is 0 Å². The number of carbonyl (C=O) groups excluding carboxylic acids is 15. The largest absolute Gasteiger partial charge is 0.508 e. The van der Waals surface area contributed by atoms with E-state index in [4.69, 9.17) is 40.1 Å². The number of hydrogen-bond donors (Lipinski definition) is 27. The fraction of sp³-hybridized carbons (Fsp3) is 0.693. The van der Waals surface area contributed by atoms with Gasteiger partial charge in [-0.2, -0.15) is 0 Å². The molecule has 1 aromatic carbocycles. The van der Waals surface area contributed by atoms with Gasteiger partial charge < -0.3 is 145 Å². The van der Waals surface area contributed by atoms with Crippen LogP contribution in [0.15, 0.2) is 36.8 Å². The van der Waals surface area contributed by atoms with Crippen molar-refractivity contribution in [2.75, 3.05) is 45.8 Å². The Hall–Kier alpha value is -11.6. The van der Waals surface area contributed by atoms with E-state index in [0.29, 0.717) is 95.0 Å². The molecule has 0 aliphatic rings. The number of carboxylic acids is 3. The second kappa shape index (κ2) is 65.1. The van der Waals surface area contributed by atoms with E-state index in [0.717, 1.165) is 0 Å². The molecule has 1 aromatic heterocycles. The van der Waals surface area contributed by atoms with Crippen LogP contribution < -0.4 is 120 Å². The Bertz CT molecular complexity index is 4030. The third kappa shape index (κ3) is 46.4. The second-order valence-corrected chi connectivity index (χ2v) is 34.7. The topological polar surface area (TPSA) is 779 Å². The SMILES string of the molecule is CC[C@H](C)[C@H](NC(=O)[C@H](CC(=O)O)NC(=O)[C@H](CCCCN)NC(=O)[C@@H](NC(=O)[C@H](CCCCN)NC(=O)[C@H](CCCCN)NC(=O)[C@H](CCCCN)NC(=O)[C@@H](N)CCCCN)[C@@H](C)CC)C(=O)N[C@@H](Cc1ccc(O)cc1)C(=O)NCC(=O)N[C@@H](CCCCN)C(=O)N[C@@H](CC(=O)O)C(=O)N[C@@H](C)C(=O)N[C@@H](CC(C)C)C(=O)N[C@@H](CC(C)C)C(=O)N[C@@H](Cc1cnc[nH]1)C(=O)O. The summed E-state index contributed by atoms with van der Waals surface area (Å²) in [5.41, 5.74) is 41.6. The van der Waals surface area contributed by atoms with Crippen LogP contribution in [0.2, 0.25) is 0 Å². The number of amides is 15. The van der Waals surface area contributed by atoms with E-state index in [1.165, 1.54) is 50.6 Å². The average molecular weight is 1900 g/mol. The highest BCUT2D eigenvalue weighted by atomic mass is 16.4. The van der Waals surface area contributed by atoms with Gasteiger partial charge in [0.2, 0.25) is 88.6 Å². The molecular formula is C88H152N24O22. The van der Waals surface area contributed by atoms with Crippen molar-refractivity contribution >= 4 is 107 Å². The van der Waals surface area contributed by atoms with E-state index in [2.05, 4.69) is 89.7 Å². The summed E-state index contributed by atoms with van der Waals surface area (Å²) in [6.07, 6.45) is 5.23. The van der Waals surface area contributed by atoms with Crippen LogP contribution in [-0.2, 0) is 99.1 Å². The van der Waals surface area contributed by atoms with Gasteiger partial charge in [-0.3, -0.25) is 81.5 Å². The van der Waals surface area contributed by atoms with E-state index in [9.17, 15) is 107 Å². The normalized spacial score (nSPS) is 15.1. The van der Waals surface area contributed by atoms with Crippen molar-refractivity contribution in [2.45, 2.75) is 320 Å². The van der Waals surface area contributed by atoms with Crippen molar-refractivity contribution < 1.29 is 107 Å². The number of hydrogen-bond acceptors (Lipinski definition) is 27. The molecule has 0 saturated heterocycles. The molecule has 46 heteroatoms. The zero-order valence-corrected chi connectivity index (χ0v) is 78.9. The number of imidazole rings is 1. The van der Waals surface area contributed by atoms with E-state index in [1.54, 1.807) is 48.5 Å². The standard InChI is InChI=1S/C88H152N24O22/c1-10-51(7)72(111-81(126)62(29-17-23-39-94)103-79(124)60(27-15-21-37-92)102-78(123)59(26-14-20-36-91)101-75(120)57(95)24-12-18-34-89)86(131)104-61(28-16-22-38-93)80(125)108-67(45-71(117)118)85(130)112-73(52(8)11-2)87(132)109-65(42-54-30-32-56(113)33-31-54)76(121)97-47-69(114)100-58(25-13-19-35-90)77(122)107-66(44-70(115)116)82(127)99-53(9)74(119)105-63(40-49(3)4)83(128)106-64(41-50(5)6)84(129)110-68(88(133)134)43-55-46-96-48-98-55/h30-33,46,48-53,57-68,72-73,113H,10-29,34-45,47,89-95H2,1-9H3,(H,96,98)(H,97,121)(H,99,127)(H,100,114)(H,101,120)(H,102,123)(H,103,124)(H,104,131)(H,105,119)(H,106,128)(H,107,122)(H,108,125)(H,109,132)(H,110,129)(H,111,126)(H,112,130)(H,115,116)(H,117,118)(H,133,134)/t51-,52-,53-,57-,58-,59-,60-,61-,62-,63-,64-,65-,66-,67-,68-,72-,73-/m0/s1. The number of phenols is 1. The molecule has 34 N–H and O–H groups in total. The molecule has 0 aliphatic heterocycles. The minimum Gasteiger partial charge on any atom is -0.508 e. The molecule has 0 saturated carbocycles. The van der Waals surface area contributed by atoms with E-state index < -0.39 is 228 Å². The molecule has 0 fully saturated rings. The van der Waals surface area contributed by atoms with Gasteiger partial charge in [-0.05, 0) is 210 Å². The van der Waals surface area contributed by atoms with Crippen molar-refractivity contribution in [3.8, 4) is 5.75 Å². The fourth-order valence-corrected chi connectivity index (χ4v) is 14.1. The molecule has 0 bridgehead atoms. The monoisotopic (exact) mass is 1900 g/mol. The molecule has 134 heavy (non-hydrogen) atoms. The van der Waals surface area contributed by atoms with Crippen molar-refractivity contribution in [3.05, 3.63) is 48.0 Å². The van der Waals surface area contributed by atoms with Gasteiger partial charge in [-0.15, -0.1) is 0 Å². The number of aromatic hydroxyl groups is 1. The highest BCUT2D eigenvalue weighted by molar-refractivity contribution is 6.01. The maximum absolute atomic E-state index is 14.8. The first-order chi connectivity index (χ1) is 63.5. The Morgan fingerprint density at radius 3 is 1.04 bits per heavy atom. The number of phenolic OH excluding ortho intramolecular Hbond substituents is 1. The smallest absolute Gasteiger partial charge is 0.326 e. The summed E-state index contributed by atoms with van der Waals surface area (Å²) >= 11 is 0. The zero-order valence-electron chi connectivity index (χ0n) is 78.9. The molecule has 15 amide bonds. The van der Waals surface area contributed by atoms with Crippen LogP contribution in [0.25, 0.3) is 0 Å². The van der Waals surface area contributed by atoms with Gasteiger partial charge in [0.25, 0.3) is 0 Å². The summed E-state index contributed by atoms with van der Waals surface area (Å²) in [5, 5.41) is 78.7. The summed E-state index contributed by atoms with van der Waals surface area (Å²) in [5.74, 6) is -20.9. The molecule has 0 spiro atoms. The van der Waals surface area contributed by atoms with Crippen molar-refractivity contribution in [1.82, 2.24) is 89.7 Å². The van der Waals surface area contributed by atoms with Crippen LogP contribution in [0.4, 0.5) is 0 Å². The summed E-state index contributed by atoms with van der Waals surface area (Å²) in [6.45, 7) is 15.2. The first-order valence-corrected chi connectivity index (χ1v) is 46.4. The van der Waals surface area contributed by atoms with Gasteiger partial charge in [0.05, 0.1) is 31.8 Å². The van der Waals surface area contributed by atoms with Gasteiger partial charge >= 0.3 is 17.9 Å². The molecule has 2 rings (SSSR count). The minimum absolute atomic E-state index is 0.00625. The number of benzene rings is 1. The van der Waals surface area contributed by atoms with Gasteiger partial charge in [0.1, 0.15) is 90.3 Å². The lowest BCUT2D eigenvalue weighted by Crippen LogP contribution is -2.62. The quantitative estimate of drug-likeness (QED) is 0.0282. The molecule has 46 nitrogen and oxygen atoms in total. The maximum Gasteiger partial charge on any atom is 0.326 e. The lowest BCUT2D eigenvalue weighted by Gasteiger charge is -2.30. The minimum atomic E-state index is -1.98. The molecule has 756 valence electrons. The molecule has 1 heterocycles. The Labute approximate surface area is 782 Å². The van der Waals surface area contributed by atoms with Gasteiger partial charge in [0, 0.05) is 24.7 Å². The summed E-state index contributed by atoms with van der Waals surface area (Å²) in [4.78, 5) is 258. The Balaban J connectivity index is 2.51. The van der Waals surface area contributed by atoms with Crippen LogP contribution in [0, 0.1) is 23.7 Å². The van der Waals surface area contributed by atoms with Gasteiger partial charge in [-0.1, -0.05) is 86.8 Å². The lowest BCUT2D eigenvalue weighted by molar-refractivity contribution is -0.142.